The van der Waals surface area contributed by atoms with Crippen molar-refractivity contribution in [2.24, 2.45) is 5.11 Å². The second-order valence-corrected chi connectivity index (χ2v) is 7.64. The summed E-state index contributed by atoms with van der Waals surface area (Å²) in [6.45, 7) is 4.36. The number of esters is 1. The third kappa shape index (κ3) is 4.59. The van der Waals surface area contributed by atoms with Crippen molar-refractivity contribution >= 4 is 11.8 Å². The molecule has 0 unspecified atom stereocenters. The Labute approximate surface area is 168 Å². The van der Waals surface area contributed by atoms with Crippen LogP contribution in [-0.2, 0) is 30.2 Å². The first kappa shape index (κ1) is 21.3. The van der Waals surface area contributed by atoms with Gasteiger partial charge in [-0.2, -0.15) is 0 Å². The molecule has 0 bridgehead atoms. The number of azide groups is 1. The topological polar surface area (TPSA) is 131 Å². The van der Waals surface area contributed by atoms with E-state index < -0.39 is 42.2 Å². The molecule has 9 heteroatoms. The number of benzene rings is 1. The number of Topliss-reactive ketones (excluding diaryl/α,β-unsaturated/α-hetero) is 1. The molecule has 1 aromatic rings. The van der Waals surface area contributed by atoms with Gasteiger partial charge in [0.15, 0.2) is 12.1 Å². The predicted octanol–water partition coefficient (Wildman–Crippen LogP) is 2.76. The highest BCUT2D eigenvalue weighted by Crippen LogP contribution is 2.40. The van der Waals surface area contributed by atoms with Gasteiger partial charge in [-0.15, -0.1) is 0 Å². The zero-order chi connectivity index (χ0) is 21.2. The lowest BCUT2D eigenvalue weighted by Gasteiger charge is -2.42. The Hall–Kier alpha value is -2.45. The van der Waals surface area contributed by atoms with E-state index in [0.717, 1.165) is 11.1 Å². The average molecular weight is 403 g/mol. The van der Waals surface area contributed by atoms with Gasteiger partial charge in [-0.25, -0.2) is 0 Å². The van der Waals surface area contributed by atoms with Crippen molar-refractivity contribution in [1.29, 1.82) is 0 Å². The molecule has 6 atom stereocenters. The number of fused-ring (bicyclic) bond motifs is 1. The van der Waals surface area contributed by atoms with Crippen LogP contribution < -0.4 is 0 Å². The van der Waals surface area contributed by atoms with E-state index in [1.54, 1.807) is 6.92 Å². The summed E-state index contributed by atoms with van der Waals surface area (Å²) in [4.78, 5) is 26.3. The summed E-state index contributed by atoms with van der Waals surface area (Å²) < 4.78 is 17.3. The van der Waals surface area contributed by atoms with Crippen molar-refractivity contribution in [2.45, 2.75) is 76.3 Å². The van der Waals surface area contributed by atoms with Gasteiger partial charge in [0.1, 0.15) is 11.7 Å². The number of carbonyl (C=O) groups excluding carboxylic acids is 2. The smallest absolute Gasteiger partial charge is 0.303 e. The van der Waals surface area contributed by atoms with Crippen LogP contribution in [0.15, 0.2) is 29.4 Å². The Morgan fingerprint density at radius 3 is 2.72 bits per heavy atom. The van der Waals surface area contributed by atoms with Crippen LogP contribution in [0, 0.1) is 0 Å². The molecule has 29 heavy (non-hydrogen) atoms. The maximum Gasteiger partial charge on any atom is 0.303 e. The number of ketones is 1. The fourth-order valence-corrected chi connectivity index (χ4v) is 4.04. The summed E-state index contributed by atoms with van der Waals surface area (Å²) >= 11 is 0. The Morgan fingerprint density at radius 2 is 2.07 bits per heavy atom. The molecule has 0 spiro atoms. The Balaban J connectivity index is 1.82. The van der Waals surface area contributed by atoms with E-state index in [9.17, 15) is 14.7 Å². The monoisotopic (exact) mass is 403 g/mol. The number of ether oxygens (including phenoxy) is 3. The lowest BCUT2D eigenvalue weighted by atomic mass is 9.77. The van der Waals surface area contributed by atoms with Gasteiger partial charge in [-0.1, -0.05) is 29.4 Å². The zero-order valence-corrected chi connectivity index (χ0v) is 16.6. The van der Waals surface area contributed by atoms with E-state index >= 15 is 0 Å². The standard InChI is InChI=1S/C20H25N3O6/c1-11-19(28-13(3)25)16(22-23-21)8-18(27-11)29-17-10-20(26,12(2)24)9-14-6-4-5-7-15(14)17/h4-7,11,16-19,26H,8-10H2,1-3H3/t11-,16-,17-,18-,19+,20-/m0/s1. The first-order valence-electron chi connectivity index (χ1n) is 9.57. The van der Waals surface area contributed by atoms with Crippen LogP contribution in [0.25, 0.3) is 10.4 Å². The predicted molar refractivity (Wildman–Crippen MR) is 102 cm³/mol. The SMILES string of the molecule is CC(=O)O[C@H]1[C@@H](N=[N+]=[N-])C[C@H](O[C@H]2C[C@](O)(C(C)=O)Cc3ccccc32)O[C@H]1C. The molecule has 1 saturated heterocycles. The van der Waals surface area contributed by atoms with E-state index in [4.69, 9.17) is 19.7 Å². The minimum absolute atomic E-state index is 0.104. The molecule has 156 valence electrons. The van der Waals surface area contributed by atoms with Gasteiger partial charge in [0.05, 0.1) is 18.2 Å². The van der Waals surface area contributed by atoms with E-state index in [0.29, 0.717) is 0 Å². The number of carbonyl (C=O) groups is 2. The van der Waals surface area contributed by atoms with Crippen LogP contribution in [0.5, 0.6) is 0 Å². The highest BCUT2D eigenvalue weighted by molar-refractivity contribution is 5.85. The van der Waals surface area contributed by atoms with Gasteiger partial charge in [0.2, 0.25) is 0 Å². The minimum Gasteiger partial charge on any atom is -0.459 e. The molecule has 0 aromatic heterocycles. The van der Waals surface area contributed by atoms with Gasteiger partial charge in [-0.05, 0) is 30.5 Å². The number of aliphatic hydroxyl groups is 1. The molecular formula is C20H25N3O6. The normalized spacial score (nSPS) is 33.9. The Kier molecular flexibility index (Phi) is 6.24. The summed E-state index contributed by atoms with van der Waals surface area (Å²) in [6.07, 6.45) is -2.07. The van der Waals surface area contributed by atoms with Crippen LogP contribution in [0.3, 0.4) is 0 Å². The second-order valence-electron chi connectivity index (χ2n) is 7.64. The van der Waals surface area contributed by atoms with Crippen LogP contribution in [0.4, 0.5) is 0 Å². The highest BCUT2D eigenvalue weighted by Gasteiger charge is 2.44. The molecule has 1 aliphatic heterocycles. The summed E-state index contributed by atoms with van der Waals surface area (Å²) in [6, 6.07) is 6.84. The van der Waals surface area contributed by atoms with Crippen molar-refractivity contribution < 1.29 is 28.9 Å². The number of hydrogen-bond donors (Lipinski definition) is 1. The van der Waals surface area contributed by atoms with E-state index in [1.165, 1.54) is 13.8 Å². The van der Waals surface area contributed by atoms with Gasteiger partial charge in [-0.3, -0.25) is 9.59 Å². The number of nitrogens with zero attached hydrogens (tertiary/aromatic N) is 3. The molecule has 0 radical (unpaired) electrons. The van der Waals surface area contributed by atoms with Crippen molar-refractivity contribution in [3.05, 3.63) is 45.8 Å². The minimum atomic E-state index is -1.51. The third-order valence-electron chi connectivity index (χ3n) is 5.52. The Morgan fingerprint density at radius 1 is 1.34 bits per heavy atom. The van der Waals surface area contributed by atoms with Crippen molar-refractivity contribution in [1.82, 2.24) is 0 Å². The first-order chi connectivity index (χ1) is 13.7. The lowest BCUT2D eigenvalue weighted by molar-refractivity contribution is -0.250. The van der Waals surface area contributed by atoms with Crippen LogP contribution in [0.2, 0.25) is 0 Å². The molecule has 2 aliphatic rings. The molecule has 1 N–H and O–H groups in total. The lowest BCUT2D eigenvalue weighted by Crippen LogP contribution is -2.50. The van der Waals surface area contributed by atoms with Gasteiger partial charge >= 0.3 is 5.97 Å². The van der Waals surface area contributed by atoms with E-state index in [-0.39, 0.29) is 25.0 Å². The largest absolute Gasteiger partial charge is 0.459 e. The summed E-state index contributed by atoms with van der Waals surface area (Å²) in [5.74, 6) is -0.809. The van der Waals surface area contributed by atoms with Gasteiger partial charge < -0.3 is 19.3 Å². The highest BCUT2D eigenvalue weighted by atomic mass is 16.7. The Bertz CT molecular complexity index is 839. The summed E-state index contributed by atoms with van der Waals surface area (Å²) in [5, 5.41) is 14.6. The molecular weight excluding hydrogens is 378 g/mol. The van der Waals surface area contributed by atoms with Crippen LogP contribution in [0.1, 0.15) is 50.8 Å². The van der Waals surface area contributed by atoms with Crippen LogP contribution in [-0.4, -0.2) is 47.0 Å². The van der Waals surface area contributed by atoms with E-state index in [1.807, 2.05) is 24.3 Å². The van der Waals surface area contributed by atoms with Crippen molar-refractivity contribution in [2.75, 3.05) is 0 Å². The summed E-state index contributed by atoms with van der Waals surface area (Å²) in [5.41, 5.74) is 9.11. The zero-order valence-electron chi connectivity index (χ0n) is 16.6. The molecule has 1 aliphatic carbocycles. The average Bonchev–Trinajstić information content (AvgIpc) is 2.64. The maximum atomic E-state index is 12.1. The van der Waals surface area contributed by atoms with Gasteiger partial charge in [0, 0.05) is 31.1 Å². The molecule has 9 nitrogen and oxygen atoms in total. The van der Waals surface area contributed by atoms with Crippen molar-refractivity contribution in [3.63, 3.8) is 0 Å². The fourth-order valence-electron chi connectivity index (χ4n) is 4.04. The molecule has 1 aromatic carbocycles. The molecule has 0 saturated carbocycles. The molecule has 1 heterocycles. The van der Waals surface area contributed by atoms with Crippen LogP contribution >= 0.6 is 0 Å². The van der Waals surface area contributed by atoms with E-state index in [2.05, 4.69) is 10.0 Å². The second kappa shape index (κ2) is 8.51. The molecule has 1 fully saturated rings. The summed E-state index contributed by atoms with van der Waals surface area (Å²) in [7, 11) is 0. The quantitative estimate of drug-likeness (QED) is 0.348. The fraction of sp³-hybridized carbons (Fsp3) is 0.600. The third-order valence-corrected chi connectivity index (χ3v) is 5.52. The molecule has 3 rings (SSSR count). The van der Waals surface area contributed by atoms with Crippen molar-refractivity contribution in [3.8, 4) is 0 Å². The first-order valence-corrected chi connectivity index (χ1v) is 9.57. The number of rotatable bonds is 5. The maximum absolute atomic E-state index is 12.1. The number of hydrogen-bond acceptors (Lipinski definition) is 7. The molecule has 0 amide bonds. The van der Waals surface area contributed by atoms with Gasteiger partial charge in [0.25, 0.3) is 0 Å².